The first-order chi connectivity index (χ1) is 11.6. The van der Waals surface area contributed by atoms with Crippen molar-refractivity contribution in [1.29, 1.82) is 5.26 Å². The lowest BCUT2D eigenvalue weighted by molar-refractivity contribution is -0.138. The first-order valence-corrected chi connectivity index (χ1v) is 8.64. The summed E-state index contributed by atoms with van der Waals surface area (Å²) in [4.78, 5) is 28.3. The Hall–Kier alpha value is -2.65. The molecule has 1 aliphatic rings. The molecule has 2 heterocycles. The van der Waals surface area contributed by atoms with Crippen molar-refractivity contribution in [2.75, 3.05) is 18.0 Å². The van der Waals surface area contributed by atoms with Gasteiger partial charge in [0.25, 0.3) is 0 Å². The molecule has 2 amide bonds. The summed E-state index contributed by atoms with van der Waals surface area (Å²) < 4.78 is 0. The number of anilines is 1. The van der Waals surface area contributed by atoms with Crippen LogP contribution in [0.3, 0.4) is 0 Å². The molecule has 1 atom stereocenters. The highest BCUT2D eigenvalue weighted by molar-refractivity contribution is 7.08. The minimum absolute atomic E-state index is 0.0394. The largest absolute Gasteiger partial charge is 0.329 e. The number of para-hydroxylation sites is 1. The number of nitrogens with zero attached hydrogens (tertiary/aromatic N) is 3. The van der Waals surface area contributed by atoms with Crippen molar-refractivity contribution in [3.05, 3.63) is 52.2 Å². The van der Waals surface area contributed by atoms with E-state index in [4.69, 9.17) is 0 Å². The quantitative estimate of drug-likeness (QED) is 0.863. The maximum Gasteiger partial charge on any atom is 0.246 e. The number of carbonyl (C=O) groups is 2. The van der Waals surface area contributed by atoms with E-state index >= 15 is 0 Å². The van der Waals surface area contributed by atoms with Crippen LogP contribution in [-0.4, -0.2) is 35.8 Å². The van der Waals surface area contributed by atoms with Gasteiger partial charge in [-0.3, -0.25) is 9.59 Å². The van der Waals surface area contributed by atoms with Gasteiger partial charge in [-0.2, -0.15) is 16.6 Å². The van der Waals surface area contributed by atoms with Crippen molar-refractivity contribution < 1.29 is 9.59 Å². The molecule has 0 bridgehead atoms. The normalized spacial score (nSPS) is 17.7. The highest BCUT2D eigenvalue weighted by Gasteiger charge is 2.33. The molecule has 6 heteroatoms. The Morgan fingerprint density at radius 1 is 1.38 bits per heavy atom. The van der Waals surface area contributed by atoms with E-state index in [0.29, 0.717) is 24.2 Å². The van der Waals surface area contributed by atoms with Gasteiger partial charge in [-0.25, -0.2) is 0 Å². The summed E-state index contributed by atoms with van der Waals surface area (Å²) in [7, 11) is 0. The van der Waals surface area contributed by atoms with Gasteiger partial charge in [0.1, 0.15) is 12.6 Å². The molecular formula is C18H17N3O2S. The van der Waals surface area contributed by atoms with Gasteiger partial charge in [-0.1, -0.05) is 12.1 Å². The molecule has 1 aromatic heterocycles. The Bertz CT molecular complexity index is 795. The van der Waals surface area contributed by atoms with E-state index in [1.165, 1.54) is 0 Å². The van der Waals surface area contributed by atoms with Gasteiger partial charge < -0.3 is 9.80 Å². The molecule has 24 heavy (non-hydrogen) atoms. The predicted molar refractivity (Wildman–Crippen MR) is 92.7 cm³/mol. The zero-order valence-corrected chi connectivity index (χ0v) is 14.1. The Kier molecular flexibility index (Phi) is 4.63. The number of hydrogen-bond acceptors (Lipinski definition) is 4. The molecule has 5 nitrogen and oxygen atoms in total. The second-order valence-electron chi connectivity index (χ2n) is 5.81. The first kappa shape index (κ1) is 16.2. The number of thiophene rings is 1. The van der Waals surface area contributed by atoms with E-state index in [9.17, 15) is 14.9 Å². The second kappa shape index (κ2) is 6.85. The van der Waals surface area contributed by atoms with E-state index in [-0.39, 0.29) is 24.4 Å². The zero-order chi connectivity index (χ0) is 17.1. The molecule has 1 fully saturated rings. The monoisotopic (exact) mass is 339 g/mol. The molecule has 1 aliphatic heterocycles. The topological polar surface area (TPSA) is 64.4 Å². The SMILES string of the molecule is CC1CN(c2ccccc2C#N)C(=O)CN1C(=O)Cc1ccsc1. The van der Waals surface area contributed by atoms with Crippen molar-refractivity contribution in [3.8, 4) is 6.07 Å². The average molecular weight is 339 g/mol. The lowest BCUT2D eigenvalue weighted by atomic mass is 10.1. The van der Waals surface area contributed by atoms with Crippen LogP contribution in [0.15, 0.2) is 41.1 Å². The van der Waals surface area contributed by atoms with Crippen LogP contribution in [0.1, 0.15) is 18.1 Å². The minimum atomic E-state index is -0.158. The molecule has 1 aromatic carbocycles. The fourth-order valence-corrected chi connectivity index (χ4v) is 3.56. The number of rotatable bonds is 3. The standard InChI is InChI=1S/C18H17N3O2S/c1-13-10-21(16-5-3-2-4-15(16)9-19)18(23)11-20(13)17(22)8-14-6-7-24-12-14/h2-7,12-13H,8,10-11H2,1H3. The molecule has 3 rings (SSSR count). The van der Waals surface area contributed by atoms with Crippen molar-refractivity contribution in [2.45, 2.75) is 19.4 Å². The summed E-state index contributed by atoms with van der Waals surface area (Å²) in [6.07, 6.45) is 0.315. The fourth-order valence-electron chi connectivity index (χ4n) is 2.89. The van der Waals surface area contributed by atoms with Crippen LogP contribution >= 0.6 is 11.3 Å². The first-order valence-electron chi connectivity index (χ1n) is 7.70. The molecule has 2 aromatic rings. The summed E-state index contributed by atoms with van der Waals surface area (Å²) in [5.74, 6) is -0.197. The molecular weight excluding hydrogens is 322 g/mol. The van der Waals surface area contributed by atoms with E-state index in [0.717, 1.165) is 5.56 Å². The molecule has 0 radical (unpaired) electrons. The van der Waals surface area contributed by atoms with Gasteiger partial charge in [-0.15, -0.1) is 0 Å². The maximum absolute atomic E-state index is 12.6. The van der Waals surface area contributed by atoms with Crippen LogP contribution in [-0.2, 0) is 16.0 Å². The van der Waals surface area contributed by atoms with Crippen molar-refractivity contribution in [3.63, 3.8) is 0 Å². The minimum Gasteiger partial charge on any atom is -0.329 e. The molecule has 0 N–H and O–H groups in total. The zero-order valence-electron chi connectivity index (χ0n) is 13.3. The number of nitriles is 1. The molecule has 122 valence electrons. The molecule has 1 unspecified atom stereocenters. The average Bonchev–Trinajstić information content (AvgIpc) is 3.09. The third-order valence-corrected chi connectivity index (χ3v) is 4.89. The molecule has 0 saturated carbocycles. The van der Waals surface area contributed by atoms with Gasteiger partial charge in [-0.05, 0) is 41.4 Å². The van der Waals surface area contributed by atoms with E-state index in [1.54, 1.807) is 39.3 Å². The Morgan fingerprint density at radius 2 is 2.17 bits per heavy atom. The van der Waals surface area contributed by atoms with Gasteiger partial charge in [0.05, 0.1) is 17.7 Å². The Balaban J connectivity index is 1.76. The summed E-state index contributed by atoms with van der Waals surface area (Å²) >= 11 is 1.55. The number of hydrogen-bond donors (Lipinski definition) is 0. The summed E-state index contributed by atoms with van der Waals surface area (Å²) in [6, 6.07) is 11.0. The Morgan fingerprint density at radius 3 is 2.88 bits per heavy atom. The lowest BCUT2D eigenvalue weighted by Crippen LogP contribution is -2.57. The third kappa shape index (κ3) is 3.17. The number of benzene rings is 1. The van der Waals surface area contributed by atoms with Crippen molar-refractivity contribution in [1.82, 2.24) is 4.90 Å². The van der Waals surface area contributed by atoms with Gasteiger partial charge in [0, 0.05) is 12.6 Å². The molecule has 0 spiro atoms. The number of piperazine rings is 1. The molecule has 1 saturated heterocycles. The van der Waals surface area contributed by atoms with Gasteiger partial charge in [0.2, 0.25) is 11.8 Å². The van der Waals surface area contributed by atoms with Crippen LogP contribution in [0, 0.1) is 11.3 Å². The van der Waals surface area contributed by atoms with E-state index in [2.05, 4.69) is 6.07 Å². The predicted octanol–water partition coefficient (Wildman–Crippen LogP) is 2.43. The van der Waals surface area contributed by atoms with Crippen LogP contribution in [0.25, 0.3) is 0 Å². The highest BCUT2D eigenvalue weighted by atomic mass is 32.1. The highest BCUT2D eigenvalue weighted by Crippen LogP contribution is 2.24. The van der Waals surface area contributed by atoms with Crippen LogP contribution in [0.2, 0.25) is 0 Å². The maximum atomic E-state index is 12.6. The van der Waals surface area contributed by atoms with E-state index < -0.39 is 0 Å². The summed E-state index contributed by atoms with van der Waals surface area (Å²) in [5, 5.41) is 13.1. The van der Waals surface area contributed by atoms with Crippen LogP contribution in [0.4, 0.5) is 5.69 Å². The van der Waals surface area contributed by atoms with Gasteiger partial charge in [0.15, 0.2) is 0 Å². The summed E-state index contributed by atoms with van der Waals surface area (Å²) in [5.41, 5.74) is 2.06. The smallest absolute Gasteiger partial charge is 0.246 e. The lowest BCUT2D eigenvalue weighted by Gasteiger charge is -2.39. The van der Waals surface area contributed by atoms with Crippen molar-refractivity contribution >= 4 is 28.8 Å². The summed E-state index contributed by atoms with van der Waals surface area (Å²) in [6.45, 7) is 2.37. The number of carbonyl (C=O) groups excluding carboxylic acids is 2. The van der Waals surface area contributed by atoms with Crippen LogP contribution < -0.4 is 4.90 Å². The van der Waals surface area contributed by atoms with Crippen molar-refractivity contribution in [2.24, 2.45) is 0 Å². The van der Waals surface area contributed by atoms with Crippen LogP contribution in [0.5, 0.6) is 0 Å². The van der Waals surface area contributed by atoms with Gasteiger partial charge >= 0.3 is 0 Å². The second-order valence-corrected chi connectivity index (χ2v) is 6.59. The fraction of sp³-hybridized carbons (Fsp3) is 0.278. The van der Waals surface area contributed by atoms with E-state index in [1.807, 2.05) is 29.8 Å². The third-order valence-electron chi connectivity index (χ3n) is 4.16. The Labute approximate surface area is 144 Å². The molecule has 0 aliphatic carbocycles. The number of amides is 2.